The van der Waals surface area contributed by atoms with Gasteiger partial charge in [0.2, 0.25) is 11.8 Å². The van der Waals surface area contributed by atoms with E-state index in [1.54, 1.807) is 18.2 Å². The molecule has 0 radical (unpaired) electrons. The zero-order valence-electron chi connectivity index (χ0n) is 13.2. The SMILES string of the molecule is N#CC1=C(N)Oc2n[nH]c(-c3cccs3)c2C1c1ccccc1C(=O)[O-]. The minimum Gasteiger partial charge on any atom is -0.545 e. The predicted molar refractivity (Wildman–Crippen MR) is 92.0 cm³/mol. The molecule has 128 valence electrons. The molecule has 3 aromatic rings. The first-order valence-corrected chi connectivity index (χ1v) is 8.49. The lowest BCUT2D eigenvalue weighted by Crippen LogP contribution is -2.27. The maximum atomic E-state index is 11.6. The summed E-state index contributed by atoms with van der Waals surface area (Å²) in [5.41, 5.74) is 7.66. The van der Waals surface area contributed by atoms with Crippen LogP contribution in [0.5, 0.6) is 5.88 Å². The monoisotopic (exact) mass is 363 g/mol. The minimum atomic E-state index is -1.33. The van der Waals surface area contributed by atoms with E-state index in [4.69, 9.17) is 10.5 Å². The molecule has 0 aliphatic carbocycles. The zero-order chi connectivity index (χ0) is 18.3. The van der Waals surface area contributed by atoms with Crippen molar-refractivity contribution in [1.82, 2.24) is 10.2 Å². The normalized spacial score (nSPS) is 15.9. The number of nitrogens with two attached hydrogens (primary N) is 1. The summed E-state index contributed by atoms with van der Waals surface area (Å²) < 4.78 is 5.50. The number of hydrogen-bond donors (Lipinski definition) is 2. The number of ether oxygens (including phenoxy) is 1. The highest BCUT2D eigenvalue weighted by atomic mass is 32.1. The zero-order valence-corrected chi connectivity index (χ0v) is 14.0. The van der Waals surface area contributed by atoms with E-state index in [1.807, 2.05) is 23.6 Å². The van der Waals surface area contributed by atoms with Crippen LogP contribution in [0.2, 0.25) is 0 Å². The number of aromatic amines is 1. The molecule has 0 saturated carbocycles. The molecule has 0 bridgehead atoms. The van der Waals surface area contributed by atoms with E-state index in [1.165, 1.54) is 17.4 Å². The van der Waals surface area contributed by atoms with Gasteiger partial charge in [0.05, 0.1) is 28.0 Å². The van der Waals surface area contributed by atoms with E-state index < -0.39 is 11.9 Å². The van der Waals surface area contributed by atoms with Crippen LogP contribution in [-0.2, 0) is 0 Å². The van der Waals surface area contributed by atoms with Crippen molar-refractivity contribution >= 4 is 17.3 Å². The fraction of sp³-hybridized carbons (Fsp3) is 0.0556. The molecule has 0 fully saturated rings. The number of hydrogen-bond acceptors (Lipinski definition) is 7. The molecule has 3 heterocycles. The van der Waals surface area contributed by atoms with Crippen LogP contribution in [0.3, 0.4) is 0 Å². The second-order valence-corrected chi connectivity index (χ2v) is 6.54. The Morgan fingerprint density at radius 2 is 2.15 bits per heavy atom. The molecule has 0 amide bonds. The molecule has 1 atom stereocenters. The van der Waals surface area contributed by atoms with E-state index in [0.29, 0.717) is 16.8 Å². The molecule has 0 spiro atoms. The van der Waals surface area contributed by atoms with Gasteiger partial charge in [0.15, 0.2) is 0 Å². The van der Waals surface area contributed by atoms with Crippen molar-refractivity contribution in [3.63, 3.8) is 0 Å². The third-order valence-corrected chi connectivity index (χ3v) is 5.09. The van der Waals surface area contributed by atoms with Crippen molar-refractivity contribution in [2.45, 2.75) is 5.92 Å². The Balaban J connectivity index is 2.02. The molecule has 8 heteroatoms. The lowest BCUT2D eigenvalue weighted by atomic mass is 9.81. The maximum absolute atomic E-state index is 11.6. The highest BCUT2D eigenvalue weighted by Crippen LogP contribution is 2.46. The lowest BCUT2D eigenvalue weighted by Gasteiger charge is -2.25. The molecule has 4 rings (SSSR count). The molecule has 1 aliphatic heterocycles. The summed E-state index contributed by atoms with van der Waals surface area (Å²) in [5, 5.41) is 30.2. The highest BCUT2D eigenvalue weighted by molar-refractivity contribution is 7.13. The molecule has 7 nitrogen and oxygen atoms in total. The number of benzene rings is 1. The van der Waals surface area contributed by atoms with Gasteiger partial charge in [-0.1, -0.05) is 30.3 Å². The van der Waals surface area contributed by atoms with Crippen molar-refractivity contribution < 1.29 is 14.6 Å². The summed E-state index contributed by atoms with van der Waals surface area (Å²) in [6.07, 6.45) is 0. The third-order valence-electron chi connectivity index (χ3n) is 4.20. The van der Waals surface area contributed by atoms with Crippen LogP contribution < -0.4 is 15.6 Å². The van der Waals surface area contributed by atoms with E-state index in [-0.39, 0.29) is 22.9 Å². The second-order valence-electron chi connectivity index (χ2n) is 5.59. The number of carboxylic acids is 1. The van der Waals surface area contributed by atoms with E-state index in [9.17, 15) is 15.2 Å². The van der Waals surface area contributed by atoms with Crippen molar-refractivity contribution in [2.24, 2.45) is 5.73 Å². The Kier molecular flexibility index (Phi) is 3.71. The van der Waals surface area contributed by atoms with Gasteiger partial charge < -0.3 is 20.4 Å². The molecule has 26 heavy (non-hydrogen) atoms. The Morgan fingerprint density at radius 3 is 2.85 bits per heavy atom. The van der Waals surface area contributed by atoms with Gasteiger partial charge in [-0.3, -0.25) is 5.10 Å². The highest BCUT2D eigenvalue weighted by Gasteiger charge is 2.36. The van der Waals surface area contributed by atoms with E-state index in [2.05, 4.69) is 10.2 Å². The number of rotatable bonds is 3. The van der Waals surface area contributed by atoms with Crippen molar-refractivity contribution in [2.75, 3.05) is 0 Å². The fourth-order valence-corrected chi connectivity index (χ4v) is 3.83. The van der Waals surface area contributed by atoms with Gasteiger partial charge in [-0.15, -0.1) is 16.4 Å². The van der Waals surface area contributed by atoms with Crippen LogP contribution >= 0.6 is 11.3 Å². The first kappa shape index (κ1) is 15.9. The quantitative estimate of drug-likeness (QED) is 0.729. The van der Waals surface area contributed by atoms with Gasteiger partial charge in [0, 0.05) is 5.56 Å². The predicted octanol–water partition coefficient (Wildman–Crippen LogP) is 1.72. The van der Waals surface area contributed by atoms with Crippen molar-refractivity contribution in [3.05, 3.63) is 69.9 Å². The van der Waals surface area contributed by atoms with Gasteiger partial charge >= 0.3 is 0 Å². The van der Waals surface area contributed by atoms with Crippen LogP contribution in [0.15, 0.2) is 53.2 Å². The number of aromatic carboxylic acids is 1. The molecule has 1 aliphatic rings. The molecule has 1 aromatic carbocycles. The van der Waals surface area contributed by atoms with Crippen LogP contribution in [0, 0.1) is 11.3 Å². The molecule has 2 aromatic heterocycles. The molecular formula is C18H11N4O3S-. The number of nitrogens with zero attached hydrogens (tertiary/aromatic N) is 2. The number of allylic oxidation sites excluding steroid dienone is 1. The summed E-state index contributed by atoms with van der Waals surface area (Å²) in [4.78, 5) is 12.5. The average Bonchev–Trinajstić information content (AvgIpc) is 3.29. The fourth-order valence-electron chi connectivity index (χ4n) is 3.10. The van der Waals surface area contributed by atoms with Crippen LogP contribution in [-0.4, -0.2) is 16.2 Å². The summed E-state index contributed by atoms with van der Waals surface area (Å²) in [6, 6.07) is 12.2. The Hall–Kier alpha value is -3.57. The van der Waals surface area contributed by atoms with Crippen molar-refractivity contribution in [3.8, 4) is 22.5 Å². The average molecular weight is 363 g/mol. The smallest absolute Gasteiger partial charge is 0.244 e. The summed E-state index contributed by atoms with van der Waals surface area (Å²) in [6.45, 7) is 0. The maximum Gasteiger partial charge on any atom is 0.244 e. The van der Waals surface area contributed by atoms with Crippen LogP contribution in [0.1, 0.15) is 27.4 Å². The number of carbonyl (C=O) groups is 1. The number of carboxylic acid groups (broad SMARTS) is 1. The van der Waals surface area contributed by atoms with E-state index in [0.717, 1.165) is 4.88 Å². The number of fused-ring (bicyclic) bond motifs is 1. The van der Waals surface area contributed by atoms with Crippen LogP contribution in [0.4, 0.5) is 0 Å². The number of aromatic nitrogens is 2. The Labute approximate surface area is 152 Å². The summed E-state index contributed by atoms with van der Waals surface area (Å²) >= 11 is 1.49. The number of carbonyl (C=O) groups excluding carboxylic acids is 1. The number of nitriles is 1. The van der Waals surface area contributed by atoms with Gasteiger partial charge in [-0.05, 0) is 17.0 Å². The van der Waals surface area contributed by atoms with Crippen molar-refractivity contribution in [1.29, 1.82) is 5.26 Å². The number of nitrogens with one attached hydrogen (secondary N) is 1. The Bertz CT molecular complexity index is 1080. The van der Waals surface area contributed by atoms with Gasteiger partial charge in [-0.25, -0.2) is 0 Å². The first-order valence-electron chi connectivity index (χ1n) is 7.61. The topological polar surface area (TPSA) is 128 Å². The number of thiophene rings is 1. The van der Waals surface area contributed by atoms with Gasteiger partial charge in [-0.2, -0.15) is 5.26 Å². The molecule has 0 saturated heterocycles. The molecule has 1 unspecified atom stereocenters. The second kappa shape index (κ2) is 6.06. The lowest BCUT2D eigenvalue weighted by molar-refractivity contribution is -0.255. The first-order chi connectivity index (χ1) is 12.6. The molecule has 3 N–H and O–H groups in total. The standard InChI is InChI=1S/C18H12N4O3S/c19-8-11-13(9-4-1-2-5-10(9)18(23)24)14-15(12-6-3-7-26-12)21-22-17(14)25-16(11)20/h1-7,13H,20H2,(H,21,22)(H,23,24)/p-1. The van der Waals surface area contributed by atoms with Crippen LogP contribution in [0.25, 0.3) is 10.6 Å². The minimum absolute atomic E-state index is 0.00997. The third kappa shape index (κ3) is 2.34. The molecular weight excluding hydrogens is 352 g/mol. The van der Waals surface area contributed by atoms with E-state index >= 15 is 0 Å². The largest absolute Gasteiger partial charge is 0.545 e. The number of H-pyrrole nitrogens is 1. The summed E-state index contributed by atoms with van der Waals surface area (Å²) in [5.74, 6) is -1.93. The Morgan fingerprint density at radius 1 is 1.35 bits per heavy atom. The van der Waals surface area contributed by atoms with Gasteiger partial charge in [0.25, 0.3) is 0 Å². The van der Waals surface area contributed by atoms with Gasteiger partial charge in [0.1, 0.15) is 11.6 Å². The summed E-state index contributed by atoms with van der Waals surface area (Å²) in [7, 11) is 0.